The van der Waals surface area contributed by atoms with Crippen LogP contribution in [0.1, 0.15) is 37.6 Å². The minimum Gasteiger partial charge on any atom is -0.340 e. The van der Waals surface area contributed by atoms with Crippen LogP contribution in [0.25, 0.3) is 0 Å². The van der Waals surface area contributed by atoms with Crippen LogP contribution < -0.4 is 10.6 Å². The van der Waals surface area contributed by atoms with E-state index in [0.717, 1.165) is 6.54 Å². The Morgan fingerprint density at radius 3 is 2.52 bits per heavy atom. The molecule has 1 saturated heterocycles. The maximum Gasteiger partial charge on any atom is 0.251 e. The highest BCUT2D eigenvalue weighted by Gasteiger charge is 2.29. The van der Waals surface area contributed by atoms with Gasteiger partial charge in [-0.2, -0.15) is 0 Å². The van der Waals surface area contributed by atoms with E-state index in [1.54, 1.807) is 24.3 Å². The van der Waals surface area contributed by atoms with Gasteiger partial charge >= 0.3 is 0 Å². The highest BCUT2D eigenvalue weighted by Crippen LogP contribution is 2.13. The van der Waals surface area contributed by atoms with Crippen molar-refractivity contribution in [3.05, 3.63) is 34.9 Å². The Morgan fingerprint density at radius 1 is 1.32 bits per heavy atom. The van der Waals surface area contributed by atoms with Crippen molar-refractivity contribution in [2.45, 2.75) is 39.3 Å². The van der Waals surface area contributed by atoms with E-state index >= 15 is 0 Å². The third-order valence-corrected chi connectivity index (χ3v) is 4.35. The summed E-state index contributed by atoms with van der Waals surface area (Å²) in [6.45, 7) is 8.29. The lowest BCUT2D eigenvalue weighted by Gasteiger charge is -2.35. The molecule has 5 nitrogen and oxygen atoms in total. The van der Waals surface area contributed by atoms with Crippen LogP contribution in [0.4, 0.5) is 0 Å². The molecule has 7 heteroatoms. The van der Waals surface area contributed by atoms with Crippen LogP contribution in [0.5, 0.6) is 0 Å². The fraction of sp³-hybridized carbons (Fsp3) is 0.556. The molecule has 140 valence electrons. The van der Waals surface area contributed by atoms with Gasteiger partial charge < -0.3 is 15.5 Å². The van der Waals surface area contributed by atoms with E-state index in [1.807, 2.05) is 4.90 Å². The zero-order chi connectivity index (χ0) is 17.7. The van der Waals surface area contributed by atoms with Gasteiger partial charge in [-0.15, -0.1) is 12.4 Å². The summed E-state index contributed by atoms with van der Waals surface area (Å²) in [5.74, 6) is 0.0676. The average molecular weight is 388 g/mol. The number of nitrogens with zero attached hydrogens (tertiary/aromatic N) is 1. The number of hydrogen-bond acceptors (Lipinski definition) is 3. The lowest BCUT2D eigenvalue weighted by atomic mass is 10.0. The van der Waals surface area contributed by atoms with Gasteiger partial charge in [0.25, 0.3) is 5.91 Å². The van der Waals surface area contributed by atoms with Crippen LogP contribution in [0.15, 0.2) is 24.3 Å². The van der Waals surface area contributed by atoms with Gasteiger partial charge in [0.05, 0.1) is 0 Å². The summed E-state index contributed by atoms with van der Waals surface area (Å²) in [6, 6.07) is 6.46. The normalized spacial score (nSPS) is 18.4. The molecule has 2 atom stereocenters. The number of carbonyl (C=O) groups excluding carboxylic acids is 2. The van der Waals surface area contributed by atoms with Crippen LogP contribution in [-0.4, -0.2) is 48.4 Å². The van der Waals surface area contributed by atoms with Crippen LogP contribution in [0, 0.1) is 5.92 Å². The summed E-state index contributed by atoms with van der Waals surface area (Å²) >= 11 is 5.86. The van der Waals surface area contributed by atoms with E-state index < -0.39 is 6.04 Å². The van der Waals surface area contributed by atoms with Crippen LogP contribution in [0.2, 0.25) is 5.02 Å². The lowest BCUT2D eigenvalue weighted by Crippen LogP contribution is -2.56. The minimum absolute atomic E-state index is 0. The second-order valence-corrected chi connectivity index (χ2v) is 7.24. The summed E-state index contributed by atoms with van der Waals surface area (Å²) < 4.78 is 0. The molecule has 2 amide bonds. The molecule has 2 unspecified atom stereocenters. The van der Waals surface area contributed by atoms with Gasteiger partial charge in [0.15, 0.2) is 0 Å². The van der Waals surface area contributed by atoms with Crippen LogP contribution in [0.3, 0.4) is 0 Å². The Hall–Kier alpha value is -1.30. The van der Waals surface area contributed by atoms with Gasteiger partial charge in [-0.25, -0.2) is 0 Å². The molecule has 0 saturated carbocycles. The van der Waals surface area contributed by atoms with Gasteiger partial charge in [0, 0.05) is 36.3 Å². The van der Waals surface area contributed by atoms with Gasteiger partial charge in [-0.1, -0.05) is 25.4 Å². The van der Waals surface area contributed by atoms with E-state index in [4.69, 9.17) is 11.6 Å². The standard InChI is InChI=1S/C18H26ClN3O2.ClH/c1-12(2)10-16(18(24)22-9-8-20-13(3)11-22)21-17(23)14-4-6-15(19)7-5-14;/h4-7,12-13,16,20H,8-11H2,1-3H3,(H,21,23);1H. The maximum absolute atomic E-state index is 12.9. The van der Waals surface area contributed by atoms with Crippen molar-refractivity contribution in [1.29, 1.82) is 0 Å². The molecule has 2 rings (SSSR count). The van der Waals surface area contributed by atoms with E-state index in [1.165, 1.54) is 0 Å². The Balaban J connectivity index is 0.00000312. The molecule has 0 radical (unpaired) electrons. The first-order chi connectivity index (χ1) is 11.4. The molecular formula is C18H27Cl2N3O2. The third-order valence-electron chi connectivity index (χ3n) is 4.10. The molecule has 0 aromatic heterocycles. The summed E-state index contributed by atoms with van der Waals surface area (Å²) in [5.41, 5.74) is 0.509. The first kappa shape index (κ1) is 21.7. The molecule has 1 fully saturated rings. The smallest absolute Gasteiger partial charge is 0.251 e. The Labute approximate surface area is 160 Å². The predicted molar refractivity (Wildman–Crippen MR) is 103 cm³/mol. The van der Waals surface area contributed by atoms with Crippen LogP contribution >= 0.6 is 24.0 Å². The second kappa shape index (κ2) is 10.00. The van der Waals surface area contributed by atoms with Crippen molar-refractivity contribution >= 4 is 35.8 Å². The molecule has 25 heavy (non-hydrogen) atoms. The maximum atomic E-state index is 12.9. The molecule has 1 aliphatic heterocycles. The molecule has 0 spiro atoms. The fourth-order valence-corrected chi connectivity index (χ4v) is 3.01. The van der Waals surface area contributed by atoms with Gasteiger partial charge in [-0.05, 0) is 43.5 Å². The summed E-state index contributed by atoms with van der Waals surface area (Å²) in [6.07, 6.45) is 0.622. The van der Waals surface area contributed by atoms with Crippen molar-refractivity contribution in [2.75, 3.05) is 19.6 Å². The average Bonchev–Trinajstić information content (AvgIpc) is 2.53. The number of halogens is 2. The summed E-state index contributed by atoms with van der Waals surface area (Å²) in [7, 11) is 0. The number of hydrogen-bond donors (Lipinski definition) is 2. The zero-order valence-corrected chi connectivity index (χ0v) is 16.5. The van der Waals surface area contributed by atoms with E-state index in [9.17, 15) is 9.59 Å². The monoisotopic (exact) mass is 387 g/mol. The molecular weight excluding hydrogens is 361 g/mol. The third kappa shape index (κ3) is 6.49. The topological polar surface area (TPSA) is 61.4 Å². The molecule has 1 aliphatic rings. The van der Waals surface area contributed by atoms with Gasteiger partial charge in [-0.3, -0.25) is 9.59 Å². The van der Waals surface area contributed by atoms with E-state index in [0.29, 0.717) is 36.0 Å². The Kier molecular flexibility index (Phi) is 8.69. The first-order valence-corrected chi connectivity index (χ1v) is 8.83. The number of rotatable bonds is 5. The zero-order valence-electron chi connectivity index (χ0n) is 14.9. The number of benzene rings is 1. The largest absolute Gasteiger partial charge is 0.340 e. The number of carbonyl (C=O) groups is 2. The minimum atomic E-state index is -0.501. The second-order valence-electron chi connectivity index (χ2n) is 6.80. The van der Waals surface area contributed by atoms with E-state index in [-0.39, 0.29) is 30.3 Å². The Morgan fingerprint density at radius 2 is 1.96 bits per heavy atom. The van der Waals surface area contributed by atoms with E-state index in [2.05, 4.69) is 31.4 Å². The molecule has 0 aliphatic carbocycles. The summed E-state index contributed by atoms with van der Waals surface area (Å²) in [4.78, 5) is 27.2. The number of piperazine rings is 1. The molecule has 2 N–H and O–H groups in total. The SMILES string of the molecule is CC(C)CC(NC(=O)c1ccc(Cl)cc1)C(=O)N1CCNC(C)C1.Cl. The fourth-order valence-electron chi connectivity index (χ4n) is 2.89. The van der Waals surface area contributed by atoms with Gasteiger partial charge in [0.2, 0.25) is 5.91 Å². The number of nitrogens with one attached hydrogen (secondary N) is 2. The van der Waals surface area contributed by atoms with Gasteiger partial charge in [0.1, 0.15) is 6.04 Å². The van der Waals surface area contributed by atoms with Crippen molar-refractivity contribution in [3.8, 4) is 0 Å². The lowest BCUT2D eigenvalue weighted by molar-refractivity contribution is -0.134. The molecule has 0 bridgehead atoms. The molecule has 1 aromatic carbocycles. The molecule has 1 aromatic rings. The van der Waals surface area contributed by atoms with Crippen molar-refractivity contribution in [1.82, 2.24) is 15.5 Å². The van der Waals surface area contributed by atoms with Crippen molar-refractivity contribution in [2.24, 2.45) is 5.92 Å². The predicted octanol–water partition coefficient (Wildman–Crippen LogP) is 2.73. The first-order valence-electron chi connectivity index (χ1n) is 8.45. The summed E-state index contributed by atoms with van der Waals surface area (Å²) in [5, 5.41) is 6.81. The van der Waals surface area contributed by atoms with Crippen LogP contribution in [-0.2, 0) is 4.79 Å². The van der Waals surface area contributed by atoms with Crippen molar-refractivity contribution < 1.29 is 9.59 Å². The highest BCUT2D eigenvalue weighted by atomic mass is 35.5. The van der Waals surface area contributed by atoms with Crippen molar-refractivity contribution in [3.63, 3.8) is 0 Å². The number of amides is 2. The molecule has 1 heterocycles. The highest BCUT2D eigenvalue weighted by molar-refractivity contribution is 6.30. The quantitative estimate of drug-likeness (QED) is 0.816. The Bertz CT molecular complexity index is 578.